The molecule has 0 saturated heterocycles. The molecule has 0 saturated carbocycles. The summed E-state index contributed by atoms with van der Waals surface area (Å²) < 4.78 is 27.0. The molecule has 0 aliphatic rings. The van der Waals surface area contributed by atoms with Gasteiger partial charge in [0, 0.05) is 17.0 Å². The Balaban J connectivity index is 2.23. The van der Waals surface area contributed by atoms with Crippen molar-refractivity contribution in [1.82, 2.24) is 4.98 Å². The zero-order valence-corrected chi connectivity index (χ0v) is 13.7. The van der Waals surface area contributed by atoms with Gasteiger partial charge in [0.05, 0.1) is 23.4 Å². The molecule has 1 heterocycles. The highest BCUT2D eigenvalue weighted by atomic mass is 35.5. The molecule has 0 aliphatic carbocycles. The molecule has 3 rings (SSSR count). The van der Waals surface area contributed by atoms with Crippen molar-refractivity contribution in [3.8, 4) is 0 Å². The monoisotopic (exact) mass is 349 g/mol. The third-order valence-electron chi connectivity index (χ3n) is 3.35. The van der Waals surface area contributed by atoms with E-state index in [-0.39, 0.29) is 12.0 Å². The molecule has 0 fully saturated rings. The third-order valence-corrected chi connectivity index (χ3v) is 4.11. The van der Waals surface area contributed by atoms with Crippen LogP contribution in [0.25, 0.3) is 21.7 Å². The molecule has 0 aliphatic heterocycles. The van der Waals surface area contributed by atoms with Gasteiger partial charge in [-0.25, -0.2) is 0 Å². The first kappa shape index (κ1) is 15.9. The Bertz CT molecular complexity index is 1080. The van der Waals surface area contributed by atoms with Crippen molar-refractivity contribution in [2.24, 2.45) is 0 Å². The summed E-state index contributed by atoms with van der Waals surface area (Å²) in [6.45, 7) is -0.121. The van der Waals surface area contributed by atoms with Gasteiger partial charge in [-0.2, -0.15) is 8.42 Å². The summed E-state index contributed by atoms with van der Waals surface area (Å²) in [5.74, 6) is 0. The standard InChI is InChI=1S/C16H12ClNO4S/c1-23(20,21)22-9-10-2-3-11-4-5-15-14(7-12(17)8-18-15)16(19)13(11)6-10/h2-8H,9H2,1H3. The van der Waals surface area contributed by atoms with Crippen LogP contribution in [-0.4, -0.2) is 19.7 Å². The van der Waals surface area contributed by atoms with E-state index in [1.807, 2.05) is 0 Å². The van der Waals surface area contributed by atoms with Gasteiger partial charge in [0.2, 0.25) is 0 Å². The fourth-order valence-electron chi connectivity index (χ4n) is 2.29. The van der Waals surface area contributed by atoms with Crippen molar-refractivity contribution >= 4 is 43.4 Å². The largest absolute Gasteiger partial charge is 0.289 e. The number of hydrogen-bond acceptors (Lipinski definition) is 5. The molecular formula is C16H12ClNO4S. The second kappa shape index (κ2) is 5.88. The SMILES string of the molecule is CS(=O)(=O)OCc1ccc2ccc3ncc(Cl)cc3c(=O)c2c1. The average Bonchev–Trinajstić information content (AvgIpc) is 2.62. The van der Waals surface area contributed by atoms with Crippen molar-refractivity contribution in [3.05, 3.63) is 63.4 Å². The van der Waals surface area contributed by atoms with E-state index in [4.69, 9.17) is 15.8 Å². The molecule has 7 heteroatoms. The number of pyridine rings is 1. The van der Waals surface area contributed by atoms with E-state index in [1.165, 1.54) is 6.20 Å². The van der Waals surface area contributed by atoms with E-state index in [1.54, 1.807) is 36.4 Å². The molecule has 5 nitrogen and oxygen atoms in total. The maximum Gasteiger partial charge on any atom is 0.264 e. The van der Waals surface area contributed by atoms with Crippen LogP contribution in [0, 0.1) is 0 Å². The topological polar surface area (TPSA) is 73.3 Å². The fourth-order valence-corrected chi connectivity index (χ4v) is 2.80. The number of nitrogens with zero attached hydrogens (tertiary/aromatic N) is 1. The van der Waals surface area contributed by atoms with Crippen LogP contribution in [0.1, 0.15) is 5.56 Å². The van der Waals surface area contributed by atoms with Crippen molar-refractivity contribution in [3.63, 3.8) is 0 Å². The fraction of sp³-hybridized carbons (Fsp3) is 0.125. The Labute approximate surface area is 137 Å². The molecule has 0 unspecified atom stereocenters. The molecule has 0 atom stereocenters. The van der Waals surface area contributed by atoms with Crippen LogP contribution in [0.15, 0.2) is 47.4 Å². The molecule has 0 amide bonds. The summed E-state index contributed by atoms with van der Waals surface area (Å²) in [7, 11) is -3.54. The van der Waals surface area contributed by atoms with Crippen LogP contribution < -0.4 is 5.43 Å². The summed E-state index contributed by atoms with van der Waals surface area (Å²) in [4.78, 5) is 16.9. The maximum atomic E-state index is 12.7. The van der Waals surface area contributed by atoms with Gasteiger partial charge >= 0.3 is 0 Å². The van der Waals surface area contributed by atoms with Crippen molar-refractivity contribution in [2.45, 2.75) is 6.61 Å². The summed E-state index contributed by atoms with van der Waals surface area (Å²) in [5, 5.41) is 1.98. The van der Waals surface area contributed by atoms with E-state index in [0.29, 0.717) is 26.9 Å². The minimum absolute atomic E-state index is 0.121. The molecule has 23 heavy (non-hydrogen) atoms. The van der Waals surface area contributed by atoms with Crippen LogP contribution in [0.3, 0.4) is 0 Å². The molecule has 0 bridgehead atoms. The zero-order chi connectivity index (χ0) is 16.6. The van der Waals surface area contributed by atoms with Gasteiger partial charge in [-0.3, -0.25) is 14.0 Å². The highest BCUT2D eigenvalue weighted by Crippen LogP contribution is 2.18. The summed E-state index contributed by atoms with van der Waals surface area (Å²) in [6, 6.07) is 10.2. The first-order valence-corrected chi connectivity index (χ1v) is 8.88. The summed E-state index contributed by atoms with van der Waals surface area (Å²) >= 11 is 5.93. The normalized spacial score (nSPS) is 11.9. The molecule has 118 valence electrons. The lowest BCUT2D eigenvalue weighted by Gasteiger charge is -2.02. The van der Waals surface area contributed by atoms with Gasteiger partial charge in [0.1, 0.15) is 0 Å². The summed E-state index contributed by atoms with van der Waals surface area (Å²) in [5.41, 5.74) is 0.926. The third kappa shape index (κ3) is 3.50. The van der Waals surface area contributed by atoms with E-state index in [2.05, 4.69) is 4.98 Å². The highest BCUT2D eigenvalue weighted by molar-refractivity contribution is 7.85. The van der Waals surface area contributed by atoms with Crippen LogP contribution in [-0.2, 0) is 20.9 Å². The molecular weight excluding hydrogens is 338 g/mol. The van der Waals surface area contributed by atoms with Crippen LogP contribution in [0.5, 0.6) is 0 Å². The van der Waals surface area contributed by atoms with Crippen LogP contribution in [0.2, 0.25) is 5.02 Å². The number of fused-ring (bicyclic) bond motifs is 2. The Morgan fingerprint density at radius 2 is 1.87 bits per heavy atom. The second-order valence-corrected chi connectivity index (χ2v) is 7.22. The number of benzene rings is 1. The van der Waals surface area contributed by atoms with Gasteiger partial charge in [-0.05, 0) is 29.1 Å². The maximum absolute atomic E-state index is 12.7. The van der Waals surface area contributed by atoms with Crippen molar-refractivity contribution < 1.29 is 12.6 Å². The smallest absolute Gasteiger partial charge is 0.264 e. The second-order valence-electron chi connectivity index (χ2n) is 5.14. The van der Waals surface area contributed by atoms with E-state index >= 15 is 0 Å². The minimum Gasteiger partial charge on any atom is -0.289 e. The zero-order valence-electron chi connectivity index (χ0n) is 12.1. The molecule has 2 aromatic carbocycles. The lowest BCUT2D eigenvalue weighted by Crippen LogP contribution is -2.04. The lowest BCUT2D eigenvalue weighted by atomic mass is 10.1. The van der Waals surface area contributed by atoms with Crippen molar-refractivity contribution in [1.29, 1.82) is 0 Å². The number of aromatic nitrogens is 1. The van der Waals surface area contributed by atoms with E-state index in [0.717, 1.165) is 11.6 Å². The Kier molecular flexibility index (Phi) is 4.06. The number of halogens is 1. The summed E-state index contributed by atoms with van der Waals surface area (Å²) in [6.07, 6.45) is 2.47. The number of rotatable bonds is 3. The van der Waals surface area contributed by atoms with Gasteiger partial charge in [-0.1, -0.05) is 29.8 Å². The quantitative estimate of drug-likeness (QED) is 0.680. The van der Waals surface area contributed by atoms with Gasteiger partial charge in [-0.15, -0.1) is 0 Å². The van der Waals surface area contributed by atoms with Gasteiger partial charge in [0.25, 0.3) is 10.1 Å². The molecule has 0 spiro atoms. The van der Waals surface area contributed by atoms with Gasteiger partial charge in [0.15, 0.2) is 5.43 Å². The molecule has 0 N–H and O–H groups in total. The van der Waals surface area contributed by atoms with Gasteiger partial charge < -0.3 is 0 Å². The van der Waals surface area contributed by atoms with Crippen molar-refractivity contribution in [2.75, 3.05) is 6.26 Å². The first-order valence-electron chi connectivity index (χ1n) is 6.69. The van der Waals surface area contributed by atoms with Crippen LogP contribution in [0.4, 0.5) is 0 Å². The Morgan fingerprint density at radius 3 is 2.61 bits per heavy atom. The predicted molar refractivity (Wildman–Crippen MR) is 90.2 cm³/mol. The molecule has 3 aromatic rings. The van der Waals surface area contributed by atoms with Crippen LogP contribution >= 0.6 is 11.6 Å². The minimum atomic E-state index is -3.54. The average molecular weight is 350 g/mol. The Hall–Kier alpha value is -2.02. The van der Waals surface area contributed by atoms with E-state index < -0.39 is 10.1 Å². The highest BCUT2D eigenvalue weighted by Gasteiger charge is 2.07. The number of hydrogen-bond donors (Lipinski definition) is 0. The predicted octanol–water partition coefficient (Wildman–Crippen LogP) is 2.88. The molecule has 1 aromatic heterocycles. The van der Waals surface area contributed by atoms with E-state index in [9.17, 15) is 13.2 Å². The first-order chi connectivity index (χ1) is 10.8. The lowest BCUT2D eigenvalue weighted by molar-refractivity contribution is 0.312. The Morgan fingerprint density at radius 1 is 1.13 bits per heavy atom. The molecule has 0 radical (unpaired) electrons.